The Labute approximate surface area is 115 Å². The lowest BCUT2D eigenvalue weighted by Gasteiger charge is -2.31. The van der Waals surface area contributed by atoms with E-state index in [0.717, 1.165) is 25.9 Å². The summed E-state index contributed by atoms with van der Waals surface area (Å²) < 4.78 is 6.86. The van der Waals surface area contributed by atoms with Crippen molar-refractivity contribution < 1.29 is 4.74 Å². The van der Waals surface area contributed by atoms with Crippen LogP contribution in [0.25, 0.3) is 5.95 Å². The average molecular weight is 276 g/mol. The fourth-order valence-electron chi connectivity index (χ4n) is 2.24. The average Bonchev–Trinajstić information content (AvgIpc) is 3.01. The van der Waals surface area contributed by atoms with Gasteiger partial charge in [-0.1, -0.05) is 0 Å². The van der Waals surface area contributed by atoms with Crippen molar-refractivity contribution in [3.63, 3.8) is 0 Å². The summed E-state index contributed by atoms with van der Waals surface area (Å²) in [4.78, 5) is 18.6. The molecule has 0 radical (unpaired) electrons. The van der Waals surface area contributed by atoms with E-state index in [0.29, 0.717) is 11.9 Å². The summed E-state index contributed by atoms with van der Waals surface area (Å²) in [6, 6.07) is 0. The third-order valence-corrected chi connectivity index (χ3v) is 3.25. The second-order valence-corrected chi connectivity index (χ2v) is 4.58. The largest absolute Gasteiger partial charge is 0.380 e. The van der Waals surface area contributed by atoms with Crippen LogP contribution in [-0.2, 0) is 4.74 Å². The van der Waals surface area contributed by atoms with Crippen LogP contribution in [0.2, 0.25) is 0 Å². The molecular formula is C11H16N8O. The summed E-state index contributed by atoms with van der Waals surface area (Å²) in [6.45, 7) is 1.62. The normalized spacial score (nSPS) is 19.2. The number of nitrogens with zero attached hydrogens (tertiary/aromatic N) is 7. The van der Waals surface area contributed by atoms with Gasteiger partial charge in [-0.2, -0.15) is 24.7 Å². The Kier molecular flexibility index (Phi) is 3.42. The van der Waals surface area contributed by atoms with E-state index in [1.54, 1.807) is 7.11 Å². The topological polar surface area (TPSA) is 108 Å². The van der Waals surface area contributed by atoms with Gasteiger partial charge in [0.2, 0.25) is 11.9 Å². The Bertz CT molecular complexity index is 572. The molecule has 1 fully saturated rings. The number of nitrogen functional groups attached to an aromatic ring is 1. The number of hydrogen-bond acceptors (Lipinski definition) is 8. The van der Waals surface area contributed by atoms with Crippen molar-refractivity contribution >= 4 is 11.9 Å². The van der Waals surface area contributed by atoms with Gasteiger partial charge < -0.3 is 15.4 Å². The van der Waals surface area contributed by atoms with Crippen LogP contribution in [0, 0.1) is 0 Å². The molecule has 1 aliphatic rings. The quantitative estimate of drug-likeness (QED) is 0.810. The first kappa shape index (κ1) is 12.7. The molecule has 1 atom stereocenters. The van der Waals surface area contributed by atoms with Gasteiger partial charge in [0, 0.05) is 20.2 Å². The fraction of sp³-hybridized carbons (Fsp3) is 0.545. The van der Waals surface area contributed by atoms with Crippen LogP contribution < -0.4 is 10.6 Å². The van der Waals surface area contributed by atoms with E-state index in [2.05, 4.69) is 29.9 Å². The van der Waals surface area contributed by atoms with Crippen molar-refractivity contribution in [3.05, 3.63) is 12.7 Å². The number of anilines is 2. The Morgan fingerprint density at radius 1 is 1.30 bits per heavy atom. The van der Waals surface area contributed by atoms with Crippen LogP contribution in [0.1, 0.15) is 12.8 Å². The summed E-state index contributed by atoms with van der Waals surface area (Å²) in [5.74, 6) is 1.08. The monoisotopic (exact) mass is 276 g/mol. The summed E-state index contributed by atoms with van der Waals surface area (Å²) in [5.41, 5.74) is 5.76. The highest BCUT2D eigenvalue weighted by atomic mass is 16.5. The maximum Gasteiger partial charge on any atom is 0.258 e. The minimum atomic E-state index is 0.167. The predicted molar refractivity (Wildman–Crippen MR) is 71.4 cm³/mol. The Morgan fingerprint density at radius 2 is 2.15 bits per heavy atom. The minimum Gasteiger partial charge on any atom is -0.380 e. The molecule has 0 saturated carbocycles. The molecule has 2 N–H and O–H groups in total. The summed E-state index contributed by atoms with van der Waals surface area (Å²) in [7, 11) is 1.72. The van der Waals surface area contributed by atoms with E-state index >= 15 is 0 Å². The van der Waals surface area contributed by atoms with Crippen LogP contribution >= 0.6 is 0 Å². The third-order valence-electron chi connectivity index (χ3n) is 3.25. The SMILES string of the molecule is COC1CCCN(c2nc(N)nc(-n3cncn3)n2)C1. The summed E-state index contributed by atoms with van der Waals surface area (Å²) in [5, 5.41) is 4.00. The molecule has 2 aromatic rings. The van der Waals surface area contributed by atoms with Gasteiger partial charge in [-0.15, -0.1) is 0 Å². The van der Waals surface area contributed by atoms with Crippen molar-refractivity contribution in [1.29, 1.82) is 0 Å². The zero-order chi connectivity index (χ0) is 13.9. The highest BCUT2D eigenvalue weighted by molar-refractivity contribution is 5.38. The number of aromatic nitrogens is 6. The van der Waals surface area contributed by atoms with Gasteiger partial charge in [-0.3, -0.25) is 0 Å². The maximum absolute atomic E-state index is 5.76. The minimum absolute atomic E-state index is 0.167. The Balaban J connectivity index is 1.89. The van der Waals surface area contributed by atoms with Crippen LogP contribution in [0.15, 0.2) is 12.7 Å². The summed E-state index contributed by atoms with van der Waals surface area (Å²) >= 11 is 0. The molecule has 0 aliphatic carbocycles. The van der Waals surface area contributed by atoms with Crippen molar-refractivity contribution in [3.8, 4) is 5.95 Å². The third kappa shape index (κ3) is 2.52. The smallest absolute Gasteiger partial charge is 0.258 e. The molecule has 2 aromatic heterocycles. The van der Waals surface area contributed by atoms with E-state index in [4.69, 9.17) is 10.5 Å². The molecule has 3 heterocycles. The molecule has 1 unspecified atom stereocenters. The lowest BCUT2D eigenvalue weighted by atomic mass is 10.1. The van der Waals surface area contributed by atoms with Crippen molar-refractivity contribution in [2.45, 2.75) is 18.9 Å². The van der Waals surface area contributed by atoms with Gasteiger partial charge >= 0.3 is 0 Å². The molecule has 0 aromatic carbocycles. The first-order chi connectivity index (χ1) is 9.76. The molecule has 9 heteroatoms. The number of rotatable bonds is 3. The zero-order valence-electron chi connectivity index (χ0n) is 11.2. The fourth-order valence-corrected chi connectivity index (χ4v) is 2.24. The molecule has 0 bridgehead atoms. The molecule has 106 valence electrons. The molecule has 0 spiro atoms. The molecule has 3 rings (SSSR count). The first-order valence-corrected chi connectivity index (χ1v) is 6.40. The van der Waals surface area contributed by atoms with Crippen LogP contribution in [0.3, 0.4) is 0 Å². The molecule has 20 heavy (non-hydrogen) atoms. The maximum atomic E-state index is 5.76. The molecule has 1 aliphatic heterocycles. The Morgan fingerprint density at radius 3 is 2.90 bits per heavy atom. The van der Waals surface area contributed by atoms with Crippen LogP contribution in [0.4, 0.5) is 11.9 Å². The van der Waals surface area contributed by atoms with E-state index in [1.165, 1.54) is 17.3 Å². The Hall–Kier alpha value is -2.29. The molecule has 1 saturated heterocycles. The lowest BCUT2D eigenvalue weighted by Crippen LogP contribution is -2.40. The predicted octanol–water partition coefficient (Wildman–Crippen LogP) is -0.350. The highest BCUT2D eigenvalue weighted by Crippen LogP contribution is 2.18. The van der Waals surface area contributed by atoms with Crippen molar-refractivity contribution in [2.24, 2.45) is 0 Å². The molecule has 0 amide bonds. The van der Waals surface area contributed by atoms with Gasteiger partial charge in [0.1, 0.15) is 12.7 Å². The number of ether oxygens (including phenoxy) is 1. The number of piperidine rings is 1. The van der Waals surface area contributed by atoms with Gasteiger partial charge in [-0.25, -0.2) is 4.98 Å². The number of methoxy groups -OCH3 is 1. The van der Waals surface area contributed by atoms with Gasteiger partial charge in [-0.05, 0) is 12.8 Å². The van der Waals surface area contributed by atoms with Crippen molar-refractivity contribution in [1.82, 2.24) is 29.7 Å². The van der Waals surface area contributed by atoms with Crippen LogP contribution in [0.5, 0.6) is 0 Å². The lowest BCUT2D eigenvalue weighted by molar-refractivity contribution is 0.0889. The first-order valence-electron chi connectivity index (χ1n) is 6.40. The van der Waals surface area contributed by atoms with Crippen molar-refractivity contribution in [2.75, 3.05) is 30.8 Å². The van der Waals surface area contributed by atoms with E-state index in [-0.39, 0.29) is 12.1 Å². The number of nitrogens with two attached hydrogens (primary N) is 1. The van der Waals surface area contributed by atoms with E-state index in [1.807, 2.05) is 0 Å². The van der Waals surface area contributed by atoms with E-state index in [9.17, 15) is 0 Å². The second-order valence-electron chi connectivity index (χ2n) is 4.58. The molecule has 9 nitrogen and oxygen atoms in total. The van der Waals surface area contributed by atoms with E-state index < -0.39 is 0 Å². The summed E-state index contributed by atoms with van der Waals surface area (Å²) in [6.07, 6.45) is 5.21. The van der Waals surface area contributed by atoms with Crippen LogP contribution in [-0.4, -0.2) is 56.0 Å². The highest BCUT2D eigenvalue weighted by Gasteiger charge is 2.22. The van der Waals surface area contributed by atoms with Gasteiger partial charge in [0.05, 0.1) is 6.10 Å². The molecular weight excluding hydrogens is 260 g/mol. The van der Waals surface area contributed by atoms with Gasteiger partial charge in [0.15, 0.2) is 0 Å². The number of hydrogen-bond donors (Lipinski definition) is 1. The second kappa shape index (κ2) is 5.37. The van der Waals surface area contributed by atoms with Gasteiger partial charge in [0.25, 0.3) is 5.95 Å². The standard InChI is InChI=1S/C11H16N8O/c1-20-8-3-2-4-18(5-8)10-15-9(12)16-11(17-10)19-7-13-6-14-19/h6-8H,2-5H2,1H3,(H2,12,15,16,17). The zero-order valence-corrected chi connectivity index (χ0v) is 11.2.